The summed E-state index contributed by atoms with van der Waals surface area (Å²) < 4.78 is 5.54. The molecule has 1 aliphatic rings. The molecule has 1 atom stereocenters. The quantitative estimate of drug-likeness (QED) is 0.619. The van der Waals surface area contributed by atoms with Gasteiger partial charge in [0.25, 0.3) is 0 Å². The Balaban J connectivity index is 2.03. The highest BCUT2D eigenvalue weighted by Gasteiger charge is 2.22. The summed E-state index contributed by atoms with van der Waals surface area (Å²) in [6, 6.07) is 0. The summed E-state index contributed by atoms with van der Waals surface area (Å²) in [5.74, 6) is 0.611. The fourth-order valence-corrected chi connectivity index (χ4v) is 1.84. The van der Waals surface area contributed by atoms with Crippen molar-refractivity contribution in [1.82, 2.24) is 9.80 Å². The lowest BCUT2D eigenvalue weighted by Crippen LogP contribution is -2.41. The number of hydrogen-bond acceptors (Lipinski definition) is 4. The maximum Gasteiger partial charge on any atom is 0.138 e. The Morgan fingerprint density at radius 2 is 2.19 bits per heavy atom. The topological polar surface area (TPSA) is 32.8 Å². The minimum atomic E-state index is 0.204. The van der Waals surface area contributed by atoms with E-state index in [1.807, 2.05) is 21.0 Å². The van der Waals surface area contributed by atoms with Crippen molar-refractivity contribution in [2.45, 2.75) is 13.3 Å². The Labute approximate surface area is 98.5 Å². The van der Waals surface area contributed by atoms with E-state index in [0.717, 1.165) is 39.4 Å². The number of ether oxygens (including phenoxy) is 1. The maximum atomic E-state index is 11.3. The zero-order chi connectivity index (χ0) is 12.0. The zero-order valence-corrected chi connectivity index (χ0v) is 10.7. The standard InChI is InChI=1S/C12H24N2O2/c1-11-10-14(5-4-12(11)15)7-9-16-8-6-13(2)3/h11H,4-10H2,1-3H3. The zero-order valence-electron chi connectivity index (χ0n) is 10.7. The van der Waals surface area contributed by atoms with Gasteiger partial charge in [-0.2, -0.15) is 0 Å². The normalized spacial score (nSPS) is 23.0. The SMILES string of the molecule is CC1CN(CCOCCN(C)C)CCC1=O. The van der Waals surface area contributed by atoms with E-state index in [1.165, 1.54) is 0 Å². The van der Waals surface area contributed by atoms with Gasteiger partial charge in [0.15, 0.2) is 0 Å². The molecule has 0 spiro atoms. The molecule has 4 heteroatoms. The van der Waals surface area contributed by atoms with Crippen LogP contribution in [0.3, 0.4) is 0 Å². The van der Waals surface area contributed by atoms with Crippen molar-refractivity contribution in [2.24, 2.45) is 5.92 Å². The molecule has 0 radical (unpaired) electrons. The highest BCUT2D eigenvalue weighted by molar-refractivity contribution is 5.81. The van der Waals surface area contributed by atoms with Gasteiger partial charge < -0.3 is 9.64 Å². The van der Waals surface area contributed by atoms with E-state index in [1.54, 1.807) is 0 Å². The van der Waals surface area contributed by atoms with E-state index in [-0.39, 0.29) is 5.92 Å². The Hall–Kier alpha value is -0.450. The van der Waals surface area contributed by atoms with E-state index in [4.69, 9.17) is 4.74 Å². The first-order chi connectivity index (χ1) is 7.59. The fraction of sp³-hybridized carbons (Fsp3) is 0.917. The molecule has 0 saturated carbocycles. The molecule has 1 aliphatic heterocycles. The third kappa shape index (κ3) is 5.05. The van der Waals surface area contributed by atoms with Gasteiger partial charge in [0.05, 0.1) is 13.2 Å². The molecule has 4 nitrogen and oxygen atoms in total. The van der Waals surface area contributed by atoms with Gasteiger partial charge in [0.1, 0.15) is 5.78 Å². The lowest BCUT2D eigenvalue weighted by atomic mass is 9.99. The van der Waals surface area contributed by atoms with Gasteiger partial charge in [0, 0.05) is 38.5 Å². The van der Waals surface area contributed by atoms with Crippen molar-refractivity contribution in [2.75, 3.05) is 53.5 Å². The highest BCUT2D eigenvalue weighted by atomic mass is 16.5. The predicted octanol–water partition coefficient (Wildman–Crippen LogP) is 0.476. The molecule has 1 heterocycles. The lowest BCUT2D eigenvalue weighted by molar-refractivity contribution is -0.125. The lowest BCUT2D eigenvalue weighted by Gasteiger charge is -2.29. The number of ketones is 1. The molecule has 0 aromatic heterocycles. The van der Waals surface area contributed by atoms with Gasteiger partial charge in [-0.25, -0.2) is 0 Å². The first kappa shape index (κ1) is 13.6. The van der Waals surface area contributed by atoms with E-state index in [2.05, 4.69) is 9.80 Å². The Morgan fingerprint density at radius 1 is 1.44 bits per heavy atom. The van der Waals surface area contributed by atoms with Crippen molar-refractivity contribution in [3.05, 3.63) is 0 Å². The van der Waals surface area contributed by atoms with Crippen LogP contribution < -0.4 is 0 Å². The van der Waals surface area contributed by atoms with Crippen LogP contribution >= 0.6 is 0 Å². The van der Waals surface area contributed by atoms with Crippen molar-refractivity contribution < 1.29 is 9.53 Å². The first-order valence-electron chi connectivity index (χ1n) is 6.07. The summed E-state index contributed by atoms with van der Waals surface area (Å²) in [5, 5.41) is 0. The molecular weight excluding hydrogens is 204 g/mol. The molecule has 0 N–H and O–H groups in total. The molecule has 0 bridgehead atoms. The van der Waals surface area contributed by atoms with Crippen LogP contribution in [0.15, 0.2) is 0 Å². The van der Waals surface area contributed by atoms with Gasteiger partial charge >= 0.3 is 0 Å². The molecule has 0 aliphatic carbocycles. The van der Waals surface area contributed by atoms with Crippen LogP contribution in [0.1, 0.15) is 13.3 Å². The number of likely N-dealkylation sites (tertiary alicyclic amines) is 1. The monoisotopic (exact) mass is 228 g/mol. The summed E-state index contributed by atoms with van der Waals surface area (Å²) in [6.45, 7) is 7.29. The molecule has 1 fully saturated rings. The van der Waals surface area contributed by atoms with Gasteiger partial charge in [-0.15, -0.1) is 0 Å². The van der Waals surface area contributed by atoms with Crippen molar-refractivity contribution in [3.63, 3.8) is 0 Å². The third-order valence-electron chi connectivity index (χ3n) is 2.99. The number of carbonyl (C=O) groups excluding carboxylic acids is 1. The van der Waals surface area contributed by atoms with Crippen LogP contribution in [0.2, 0.25) is 0 Å². The number of hydrogen-bond donors (Lipinski definition) is 0. The molecule has 94 valence electrons. The number of likely N-dealkylation sites (N-methyl/N-ethyl adjacent to an activating group) is 1. The molecule has 1 saturated heterocycles. The largest absolute Gasteiger partial charge is 0.379 e. The van der Waals surface area contributed by atoms with E-state index in [9.17, 15) is 4.79 Å². The van der Waals surface area contributed by atoms with Crippen LogP contribution in [0.25, 0.3) is 0 Å². The van der Waals surface area contributed by atoms with E-state index >= 15 is 0 Å². The average Bonchev–Trinajstić information content (AvgIpc) is 2.22. The van der Waals surface area contributed by atoms with Crippen LogP contribution in [-0.4, -0.2) is 69.1 Å². The minimum absolute atomic E-state index is 0.204. The Kier molecular flexibility index (Phi) is 5.95. The summed E-state index contributed by atoms with van der Waals surface area (Å²) >= 11 is 0. The molecule has 0 aromatic carbocycles. The molecule has 0 aromatic rings. The van der Waals surface area contributed by atoms with Crippen molar-refractivity contribution in [1.29, 1.82) is 0 Å². The van der Waals surface area contributed by atoms with Gasteiger partial charge in [0.2, 0.25) is 0 Å². The molecule has 0 amide bonds. The number of piperidine rings is 1. The van der Waals surface area contributed by atoms with Crippen LogP contribution in [0.5, 0.6) is 0 Å². The summed E-state index contributed by atoms with van der Waals surface area (Å²) in [7, 11) is 4.09. The molecule has 1 unspecified atom stereocenters. The van der Waals surface area contributed by atoms with Gasteiger partial charge in [-0.3, -0.25) is 9.69 Å². The van der Waals surface area contributed by atoms with Crippen LogP contribution in [0, 0.1) is 5.92 Å². The van der Waals surface area contributed by atoms with Gasteiger partial charge in [-0.05, 0) is 14.1 Å². The fourth-order valence-electron chi connectivity index (χ4n) is 1.84. The number of nitrogens with zero attached hydrogens (tertiary/aromatic N) is 2. The van der Waals surface area contributed by atoms with Crippen LogP contribution in [0.4, 0.5) is 0 Å². The molecule has 1 rings (SSSR count). The summed E-state index contributed by atoms with van der Waals surface area (Å²) in [5.41, 5.74) is 0. The van der Waals surface area contributed by atoms with E-state index in [0.29, 0.717) is 12.2 Å². The van der Waals surface area contributed by atoms with Crippen LogP contribution in [-0.2, 0) is 9.53 Å². The average molecular weight is 228 g/mol. The summed E-state index contributed by atoms with van der Waals surface area (Å²) in [4.78, 5) is 15.8. The van der Waals surface area contributed by atoms with Gasteiger partial charge in [-0.1, -0.05) is 6.92 Å². The Morgan fingerprint density at radius 3 is 2.81 bits per heavy atom. The molecular formula is C12H24N2O2. The number of Topliss-reactive ketones (excluding diaryl/α,β-unsaturated/α-hetero) is 1. The molecule has 16 heavy (non-hydrogen) atoms. The maximum absolute atomic E-state index is 11.3. The second-order valence-electron chi connectivity index (χ2n) is 4.83. The summed E-state index contributed by atoms with van der Waals surface area (Å²) in [6.07, 6.45) is 0.707. The predicted molar refractivity (Wildman–Crippen MR) is 64.6 cm³/mol. The first-order valence-corrected chi connectivity index (χ1v) is 6.07. The number of carbonyl (C=O) groups is 1. The van der Waals surface area contributed by atoms with E-state index < -0.39 is 0 Å². The Bertz CT molecular complexity index is 219. The smallest absolute Gasteiger partial charge is 0.138 e. The minimum Gasteiger partial charge on any atom is -0.379 e. The third-order valence-corrected chi connectivity index (χ3v) is 2.99. The van der Waals surface area contributed by atoms with Crippen molar-refractivity contribution in [3.8, 4) is 0 Å². The van der Waals surface area contributed by atoms with Crippen molar-refractivity contribution >= 4 is 5.78 Å². The number of rotatable bonds is 6. The second kappa shape index (κ2) is 6.99. The second-order valence-corrected chi connectivity index (χ2v) is 4.83. The highest BCUT2D eigenvalue weighted by Crippen LogP contribution is 2.11.